The SMILES string of the molecule is CC(C)CCC[Si@H]1CC[C@H](c2ccc(-c3ccccc3)c(-c3ccc(F)c(F)c3)c2)CC1. The average Bonchev–Trinajstić information content (AvgIpc) is 2.81. The third kappa shape index (κ3) is 5.56. The van der Waals surface area contributed by atoms with Crippen molar-refractivity contribution in [3.05, 3.63) is 83.9 Å². The summed E-state index contributed by atoms with van der Waals surface area (Å²) >= 11 is 0. The van der Waals surface area contributed by atoms with Gasteiger partial charge in [0.2, 0.25) is 0 Å². The van der Waals surface area contributed by atoms with Gasteiger partial charge in [-0.15, -0.1) is 0 Å². The van der Waals surface area contributed by atoms with Crippen LogP contribution in [0.5, 0.6) is 0 Å². The first kappa shape index (κ1) is 22.9. The Hall–Kier alpha value is -2.26. The molecule has 0 atom stereocenters. The highest BCUT2D eigenvalue weighted by Crippen LogP contribution is 2.40. The zero-order chi connectivity index (χ0) is 22.5. The minimum atomic E-state index is -0.799. The molecule has 1 fully saturated rings. The molecule has 1 heterocycles. The molecule has 3 aromatic carbocycles. The second-order valence-corrected chi connectivity index (χ2v) is 13.3. The van der Waals surface area contributed by atoms with Gasteiger partial charge in [0.05, 0.1) is 0 Å². The van der Waals surface area contributed by atoms with Gasteiger partial charge < -0.3 is 0 Å². The predicted octanol–water partition coefficient (Wildman–Crippen LogP) is 8.84. The molecule has 1 aliphatic rings. The quantitative estimate of drug-likeness (QED) is 0.317. The van der Waals surface area contributed by atoms with Gasteiger partial charge in [0.25, 0.3) is 0 Å². The van der Waals surface area contributed by atoms with Crippen molar-refractivity contribution in [2.24, 2.45) is 5.92 Å². The highest BCUT2D eigenvalue weighted by Gasteiger charge is 2.24. The first-order chi connectivity index (χ1) is 15.5. The van der Waals surface area contributed by atoms with Crippen molar-refractivity contribution in [3.63, 3.8) is 0 Å². The van der Waals surface area contributed by atoms with Crippen LogP contribution >= 0.6 is 0 Å². The maximum Gasteiger partial charge on any atom is 0.159 e. The molecule has 0 aromatic heterocycles. The van der Waals surface area contributed by atoms with Crippen LogP contribution in [0.2, 0.25) is 18.1 Å². The zero-order valence-corrected chi connectivity index (χ0v) is 20.4. The number of halogens is 2. The molecule has 0 radical (unpaired) electrons. The first-order valence-electron chi connectivity index (χ1n) is 12.2. The van der Waals surface area contributed by atoms with E-state index < -0.39 is 20.4 Å². The number of rotatable bonds is 7. The molecule has 0 spiro atoms. The minimum Gasteiger partial charge on any atom is -0.204 e. The molecular weight excluding hydrogens is 414 g/mol. The summed E-state index contributed by atoms with van der Waals surface area (Å²) in [6.07, 6.45) is 5.33. The fourth-order valence-corrected chi connectivity index (χ4v) is 8.61. The van der Waals surface area contributed by atoms with E-state index in [0.717, 1.165) is 28.2 Å². The second-order valence-electron chi connectivity index (χ2n) is 9.84. The summed E-state index contributed by atoms with van der Waals surface area (Å²) in [6, 6.07) is 25.5. The first-order valence-corrected chi connectivity index (χ1v) is 14.6. The topological polar surface area (TPSA) is 0 Å². The molecular formula is C29H34F2Si. The Kier molecular flexibility index (Phi) is 7.57. The third-order valence-corrected chi connectivity index (χ3v) is 10.6. The average molecular weight is 449 g/mol. The van der Waals surface area contributed by atoms with E-state index in [9.17, 15) is 8.78 Å². The Balaban J connectivity index is 1.58. The fourth-order valence-electron chi connectivity index (χ4n) is 5.19. The van der Waals surface area contributed by atoms with Crippen molar-refractivity contribution < 1.29 is 8.78 Å². The third-order valence-electron chi connectivity index (χ3n) is 7.07. The van der Waals surface area contributed by atoms with E-state index in [1.807, 2.05) is 18.2 Å². The van der Waals surface area contributed by atoms with Crippen molar-refractivity contribution in [2.45, 2.75) is 63.6 Å². The largest absolute Gasteiger partial charge is 0.204 e. The normalized spacial score (nSPS) is 18.8. The van der Waals surface area contributed by atoms with Crippen molar-refractivity contribution in [1.82, 2.24) is 0 Å². The Morgan fingerprint density at radius 3 is 2.25 bits per heavy atom. The summed E-state index contributed by atoms with van der Waals surface area (Å²) < 4.78 is 27.7. The monoisotopic (exact) mass is 448 g/mol. The summed E-state index contributed by atoms with van der Waals surface area (Å²) in [5, 5.41) is 0. The maximum atomic E-state index is 14.1. The summed E-state index contributed by atoms with van der Waals surface area (Å²) in [5.41, 5.74) is 5.24. The molecule has 3 heteroatoms. The van der Waals surface area contributed by atoms with Crippen LogP contribution in [0.1, 0.15) is 51.0 Å². The van der Waals surface area contributed by atoms with Gasteiger partial charge in [-0.3, -0.25) is 0 Å². The van der Waals surface area contributed by atoms with Crippen molar-refractivity contribution in [3.8, 4) is 22.3 Å². The lowest BCUT2D eigenvalue weighted by Crippen LogP contribution is -2.20. The van der Waals surface area contributed by atoms with E-state index >= 15 is 0 Å². The van der Waals surface area contributed by atoms with Gasteiger partial charge in [0.1, 0.15) is 0 Å². The Labute approximate surface area is 193 Å². The van der Waals surface area contributed by atoms with Crippen molar-refractivity contribution >= 4 is 8.80 Å². The van der Waals surface area contributed by atoms with E-state index in [1.165, 1.54) is 61.5 Å². The van der Waals surface area contributed by atoms with Crippen LogP contribution in [0, 0.1) is 17.6 Å². The molecule has 0 unspecified atom stereocenters. The number of hydrogen-bond donors (Lipinski definition) is 0. The van der Waals surface area contributed by atoms with E-state index in [0.29, 0.717) is 5.92 Å². The zero-order valence-electron chi connectivity index (χ0n) is 19.3. The van der Waals surface area contributed by atoms with Crippen LogP contribution in [0.15, 0.2) is 66.7 Å². The molecule has 0 N–H and O–H groups in total. The van der Waals surface area contributed by atoms with Crippen LogP contribution in [-0.2, 0) is 0 Å². The lowest BCUT2D eigenvalue weighted by Gasteiger charge is -2.29. The molecule has 0 saturated carbocycles. The maximum absolute atomic E-state index is 14.1. The van der Waals surface area contributed by atoms with Gasteiger partial charge in [-0.2, -0.15) is 0 Å². The fraction of sp³-hybridized carbons (Fsp3) is 0.379. The molecule has 4 rings (SSSR count). The number of benzene rings is 3. The van der Waals surface area contributed by atoms with Gasteiger partial charge in [-0.05, 0) is 64.6 Å². The summed E-state index contributed by atoms with van der Waals surface area (Å²) in [6.45, 7) is 4.64. The van der Waals surface area contributed by atoms with E-state index in [-0.39, 0.29) is 0 Å². The summed E-state index contributed by atoms with van der Waals surface area (Å²) in [5.74, 6) is -0.192. The van der Waals surface area contributed by atoms with Gasteiger partial charge in [0, 0.05) is 8.80 Å². The Morgan fingerprint density at radius 2 is 1.56 bits per heavy atom. The molecule has 168 valence electrons. The Bertz CT molecular complexity index is 1020. The molecule has 32 heavy (non-hydrogen) atoms. The van der Waals surface area contributed by atoms with Crippen LogP contribution < -0.4 is 0 Å². The van der Waals surface area contributed by atoms with Crippen LogP contribution in [-0.4, -0.2) is 8.80 Å². The summed E-state index contributed by atoms with van der Waals surface area (Å²) in [4.78, 5) is 0. The molecule has 1 saturated heterocycles. The van der Waals surface area contributed by atoms with Crippen LogP contribution in [0.3, 0.4) is 0 Å². The van der Waals surface area contributed by atoms with Crippen LogP contribution in [0.4, 0.5) is 8.78 Å². The molecule has 0 amide bonds. The molecule has 1 aliphatic heterocycles. The van der Waals surface area contributed by atoms with Gasteiger partial charge in [0.15, 0.2) is 11.6 Å². The molecule has 0 aliphatic carbocycles. The highest BCUT2D eigenvalue weighted by atomic mass is 28.3. The lowest BCUT2D eigenvalue weighted by molar-refractivity contribution is 0.509. The lowest BCUT2D eigenvalue weighted by atomic mass is 9.87. The predicted molar refractivity (Wildman–Crippen MR) is 135 cm³/mol. The van der Waals surface area contributed by atoms with Gasteiger partial charge in [-0.1, -0.05) is 99.4 Å². The van der Waals surface area contributed by atoms with E-state index in [1.54, 1.807) is 6.07 Å². The van der Waals surface area contributed by atoms with Crippen LogP contribution in [0.25, 0.3) is 22.3 Å². The van der Waals surface area contributed by atoms with E-state index in [2.05, 4.69) is 44.2 Å². The molecule has 0 bridgehead atoms. The summed E-state index contributed by atoms with van der Waals surface area (Å²) in [7, 11) is -0.582. The van der Waals surface area contributed by atoms with E-state index in [4.69, 9.17) is 0 Å². The van der Waals surface area contributed by atoms with Gasteiger partial charge in [-0.25, -0.2) is 8.78 Å². The van der Waals surface area contributed by atoms with Crippen molar-refractivity contribution in [1.29, 1.82) is 0 Å². The number of hydrogen-bond acceptors (Lipinski definition) is 0. The Morgan fingerprint density at radius 1 is 0.812 bits per heavy atom. The molecule has 3 aromatic rings. The second kappa shape index (κ2) is 10.6. The minimum absolute atomic E-state index is 0.581. The highest BCUT2D eigenvalue weighted by molar-refractivity contribution is 6.59. The van der Waals surface area contributed by atoms with Gasteiger partial charge >= 0.3 is 0 Å². The van der Waals surface area contributed by atoms with Crippen molar-refractivity contribution in [2.75, 3.05) is 0 Å². The standard InChI is InChI=1S/C29H34F2Si/c1-21(2)7-6-16-32-17-14-22(15-18-32)24-10-12-26(23-8-4-3-5-9-23)27(19-24)25-11-13-28(30)29(31)20-25/h3-5,8-13,19-22,32H,6-7,14-18H2,1-2H3/t22-,32-. The smallest absolute Gasteiger partial charge is 0.159 e. The molecule has 0 nitrogen and oxygen atoms in total.